The summed E-state index contributed by atoms with van der Waals surface area (Å²) >= 11 is 3.46. The van der Waals surface area contributed by atoms with Gasteiger partial charge in [0.05, 0.1) is 11.4 Å². The van der Waals surface area contributed by atoms with E-state index >= 15 is 0 Å². The van der Waals surface area contributed by atoms with E-state index in [1.165, 1.54) is 0 Å². The largest absolute Gasteiger partial charge is 0.397 e. The predicted molar refractivity (Wildman–Crippen MR) is 105 cm³/mol. The Balaban J connectivity index is 0.00000288. The third kappa shape index (κ3) is 6.15. The van der Waals surface area contributed by atoms with E-state index in [1.54, 1.807) is 19.2 Å². The molecule has 0 heterocycles. The van der Waals surface area contributed by atoms with Crippen molar-refractivity contribution >= 4 is 45.6 Å². The summed E-state index contributed by atoms with van der Waals surface area (Å²) in [6.45, 7) is 0.538. The average molecular weight is 414 g/mol. The molecular formula is C18H22BrClN2O2. The number of carbonyl (C=O) groups is 1. The van der Waals surface area contributed by atoms with Crippen molar-refractivity contribution in [2.75, 3.05) is 24.8 Å². The minimum Gasteiger partial charge on any atom is -0.397 e. The maximum Gasteiger partial charge on any atom is 0.227 e. The lowest BCUT2D eigenvalue weighted by Gasteiger charge is -2.17. The van der Waals surface area contributed by atoms with Gasteiger partial charge in [-0.3, -0.25) is 4.79 Å². The fourth-order valence-electron chi connectivity index (χ4n) is 2.38. The number of methoxy groups -OCH3 is 1. The van der Waals surface area contributed by atoms with Crippen LogP contribution in [-0.4, -0.2) is 19.6 Å². The van der Waals surface area contributed by atoms with Crippen molar-refractivity contribution in [2.45, 2.75) is 12.8 Å². The highest BCUT2D eigenvalue weighted by Crippen LogP contribution is 2.21. The van der Waals surface area contributed by atoms with Crippen molar-refractivity contribution in [1.82, 2.24) is 0 Å². The smallest absolute Gasteiger partial charge is 0.227 e. The number of anilines is 2. The molecule has 0 aliphatic heterocycles. The third-order valence-electron chi connectivity index (χ3n) is 3.63. The van der Waals surface area contributed by atoms with Crippen LogP contribution >= 0.6 is 28.3 Å². The molecule has 0 saturated carbocycles. The first-order valence-electron chi connectivity index (χ1n) is 7.49. The maximum absolute atomic E-state index is 12.6. The Labute approximate surface area is 157 Å². The van der Waals surface area contributed by atoms with Crippen LogP contribution in [0.15, 0.2) is 53.0 Å². The number of rotatable bonds is 7. The Kier molecular flexibility index (Phi) is 8.82. The lowest BCUT2D eigenvalue weighted by molar-refractivity contribution is -0.120. The van der Waals surface area contributed by atoms with E-state index in [-0.39, 0.29) is 24.2 Å². The maximum atomic E-state index is 12.6. The second-order valence-electron chi connectivity index (χ2n) is 5.39. The monoisotopic (exact) mass is 412 g/mol. The molecule has 2 rings (SSSR count). The van der Waals surface area contributed by atoms with Gasteiger partial charge in [0, 0.05) is 24.1 Å². The van der Waals surface area contributed by atoms with Gasteiger partial charge in [0.2, 0.25) is 5.91 Å². The summed E-state index contributed by atoms with van der Waals surface area (Å²) in [6, 6.07) is 15.3. The van der Waals surface area contributed by atoms with E-state index in [0.717, 1.165) is 10.0 Å². The zero-order chi connectivity index (χ0) is 16.7. The molecule has 0 saturated heterocycles. The van der Waals surface area contributed by atoms with Crippen molar-refractivity contribution in [3.63, 3.8) is 0 Å². The summed E-state index contributed by atoms with van der Waals surface area (Å²) in [5.74, 6) is -0.219. The van der Waals surface area contributed by atoms with Crippen LogP contribution in [0.1, 0.15) is 12.0 Å². The zero-order valence-electron chi connectivity index (χ0n) is 13.5. The van der Waals surface area contributed by atoms with E-state index in [1.807, 2.05) is 36.4 Å². The van der Waals surface area contributed by atoms with Crippen LogP contribution in [0.3, 0.4) is 0 Å². The van der Waals surface area contributed by atoms with Gasteiger partial charge in [-0.2, -0.15) is 0 Å². The average Bonchev–Trinajstić information content (AvgIpc) is 2.53. The molecule has 130 valence electrons. The normalized spacial score (nSPS) is 11.4. The van der Waals surface area contributed by atoms with E-state index < -0.39 is 0 Å². The minimum atomic E-state index is -0.177. The van der Waals surface area contributed by atoms with Crippen LogP contribution in [0.4, 0.5) is 11.4 Å². The van der Waals surface area contributed by atoms with Gasteiger partial charge < -0.3 is 15.8 Å². The molecule has 24 heavy (non-hydrogen) atoms. The number of carbonyl (C=O) groups excluding carboxylic acids is 1. The Morgan fingerprint density at radius 1 is 1.25 bits per heavy atom. The van der Waals surface area contributed by atoms with Gasteiger partial charge in [0.15, 0.2) is 0 Å². The number of amides is 1. The fourth-order valence-corrected chi connectivity index (χ4v) is 2.83. The quantitative estimate of drug-likeness (QED) is 0.666. The summed E-state index contributed by atoms with van der Waals surface area (Å²) in [4.78, 5) is 12.6. The number of hydrogen-bond donors (Lipinski definition) is 2. The van der Waals surface area contributed by atoms with E-state index in [2.05, 4.69) is 21.2 Å². The molecule has 0 aliphatic carbocycles. The number of ether oxygens (including phenoxy) is 1. The molecule has 0 bridgehead atoms. The van der Waals surface area contributed by atoms with Crippen molar-refractivity contribution in [3.8, 4) is 0 Å². The first kappa shape index (κ1) is 20.5. The topological polar surface area (TPSA) is 64.3 Å². The molecule has 0 fully saturated rings. The number of para-hydroxylation sites is 2. The van der Waals surface area contributed by atoms with Gasteiger partial charge in [-0.15, -0.1) is 12.4 Å². The summed E-state index contributed by atoms with van der Waals surface area (Å²) in [6.07, 6.45) is 1.31. The van der Waals surface area contributed by atoms with Crippen LogP contribution in [0, 0.1) is 5.92 Å². The molecule has 3 N–H and O–H groups in total. The van der Waals surface area contributed by atoms with Crippen molar-refractivity contribution in [3.05, 3.63) is 58.6 Å². The van der Waals surface area contributed by atoms with Crippen molar-refractivity contribution < 1.29 is 9.53 Å². The second-order valence-corrected chi connectivity index (χ2v) is 6.30. The highest BCUT2D eigenvalue weighted by molar-refractivity contribution is 9.10. The van der Waals surface area contributed by atoms with Crippen molar-refractivity contribution in [1.29, 1.82) is 0 Å². The second kappa shape index (κ2) is 10.3. The van der Waals surface area contributed by atoms with Crippen LogP contribution in [0.5, 0.6) is 0 Å². The molecule has 2 aromatic carbocycles. The predicted octanol–water partition coefficient (Wildman–Crippen LogP) is 4.29. The molecule has 0 spiro atoms. The van der Waals surface area contributed by atoms with Gasteiger partial charge in [-0.1, -0.05) is 40.2 Å². The Hall–Kier alpha value is -1.56. The van der Waals surface area contributed by atoms with Crippen molar-refractivity contribution in [2.24, 2.45) is 5.92 Å². The zero-order valence-corrected chi connectivity index (χ0v) is 15.9. The first-order valence-corrected chi connectivity index (χ1v) is 8.28. The van der Waals surface area contributed by atoms with E-state index in [0.29, 0.717) is 30.8 Å². The highest BCUT2D eigenvalue weighted by atomic mass is 79.9. The lowest BCUT2D eigenvalue weighted by atomic mass is 9.95. The van der Waals surface area contributed by atoms with Crippen LogP contribution in [0.2, 0.25) is 0 Å². The molecular weight excluding hydrogens is 392 g/mol. The number of halogens is 2. The fraction of sp³-hybridized carbons (Fsp3) is 0.278. The number of hydrogen-bond acceptors (Lipinski definition) is 3. The third-order valence-corrected chi connectivity index (χ3v) is 4.12. The molecule has 1 unspecified atom stereocenters. The Morgan fingerprint density at radius 3 is 2.67 bits per heavy atom. The number of nitrogen functional groups attached to an aromatic ring is 1. The molecule has 2 aromatic rings. The standard InChI is InChI=1S/C18H21BrN2O2.ClH/c1-23-10-9-14(11-13-5-4-6-15(19)12-13)18(22)21-17-8-3-2-7-16(17)20;/h2-8,12,14H,9-11,20H2,1H3,(H,21,22);1H. The van der Waals surface area contributed by atoms with Gasteiger partial charge in [0.25, 0.3) is 0 Å². The molecule has 1 atom stereocenters. The number of benzene rings is 2. The van der Waals surface area contributed by atoms with E-state index in [4.69, 9.17) is 10.5 Å². The molecule has 6 heteroatoms. The highest BCUT2D eigenvalue weighted by Gasteiger charge is 2.19. The molecule has 0 aliphatic rings. The first-order chi connectivity index (χ1) is 11.1. The van der Waals surface area contributed by atoms with Gasteiger partial charge in [-0.25, -0.2) is 0 Å². The summed E-state index contributed by atoms with van der Waals surface area (Å²) in [7, 11) is 1.64. The van der Waals surface area contributed by atoms with Gasteiger partial charge in [-0.05, 0) is 42.7 Å². The Morgan fingerprint density at radius 2 is 2.00 bits per heavy atom. The van der Waals surface area contributed by atoms with Crippen LogP contribution in [-0.2, 0) is 16.0 Å². The minimum absolute atomic E-state index is 0. The number of nitrogens with two attached hydrogens (primary N) is 1. The van der Waals surface area contributed by atoms with E-state index in [9.17, 15) is 4.79 Å². The molecule has 0 aromatic heterocycles. The SMILES string of the molecule is COCCC(Cc1cccc(Br)c1)C(=O)Nc1ccccc1N.Cl. The summed E-state index contributed by atoms with van der Waals surface area (Å²) in [5.41, 5.74) is 8.22. The van der Waals surface area contributed by atoms with Crippen LogP contribution < -0.4 is 11.1 Å². The summed E-state index contributed by atoms with van der Waals surface area (Å²) in [5, 5.41) is 2.92. The molecule has 4 nitrogen and oxygen atoms in total. The van der Waals surface area contributed by atoms with Crippen LogP contribution in [0.25, 0.3) is 0 Å². The number of nitrogens with one attached hydrogen (secondary N) is 1. The van der Waals surface area contributed by atoms with Gasteiger partial charge >= 0.3 is 0 Å². The summed E-state index contributed by atoms with van der Waals surface area (Å²) < 4.78 is 6.15. The Bertz CT molecular complexity index is 667. The van der Waals surface area contributed by atoms with Gasteiger partial charge in [0.1, 0.15) is 0 Å². The molecule has 0 radical (unpaired) electrons. The lowest BCUT2D eigenvalue weighted by Crippen LogP contribution is -2.26. The molecule has 1 amide bonds.